The summed E-state index contributed by atoms with van der Waals surface area (Å²) >= 11 is 0. The maximum Gasteiger partial charge on any atom is 0.213 e. The second kappa shape index (κ2) is 7.25. The Bertz CT molecular complexity index is 328. The van der Waals surface area contributed by atoms with Crippen molar-refractivity contribution in [3.8, 4) is 5.88 Å². The predicted molar refractivity (Wildman–Crippen MR) is 70.4 cm³/mol. The van der Waals surface area contributed by atoms with Gasteiger partial charge in [0.1, 0.15) is 0 Å². The number of rotatable bonds is 7. The fraction of sp³-hybridized carbons (Fsp3) is 0.615. The first kappa shape index (κ1) is 13.9. The van der Waals surface area contributed by atoms with Crippen molar-refractivity contribution in [2.45, 2.75) is 19.4 Å². The molecule has 4 nitrogen and oxygen atoms in total. The van der Waals surface area contributed by atoms with E-state index in [-0.39, 0.29) is 0 Å². The van der Waals surface area contributed by atoms with E-state index in [0.29, 0.717) is 18.5 Å². The molecule has 1 aromatic rings. The molecule has 1 rings (SSSR count). The minimum absolute atomic E-state index is 0.321. The molecule has 0 aliphatic heterocycles. The van der Waals surface area contributed by atoms with E-state index in [9.17, 15) is 0 Å². The van der Waals surface area contributed by atoms with Crippen LogP contribution >= 0.6 is 0 Å². The van der Waals surface area contributed by atoms with Crippen LogP contribution < -0.4 is 10.1 Å². The molecule has 17 heavy (non-hydrogen) atoms. The van der Waals surface area contributed by atoms with Crippen LogP contribution in [0.2, 0.25) is 0 Å². The van der Waals surface area contributed by atoms with Gasteiger partial charge in [0, 0.05) is 24.8 Å². The summed E-state index contributed by atoms with van der Waals surface area (Å²) in [6.07, 6.45) is 2.81. The third kappa shape index (κ3) is 5.15. The highest BCUT2D eigenvalue weighted by Crippen LogP contribution is 2.16. The number of hydrogen-bond acceptors (Lipinski definition) is 4. The summed E-state index contributed by atoms with van der Waals surface area (Å²) in [7, 11) is 6.07. The summed E-state index contributed by atoms with van der Waals surface area (Å²) in [5, 5.41) is 3.20. The van der Waals surface area contributed by atoms with E-state index in [2.05, 4.69) is 36.2 Å². The summed E-state index contributed by atoms with van der Waals surface area (Å²) in [5.41, 5.74) is 1.20. The molecule has 0 aliphatic carbocycles. The van der Waals surface area contributed by atoms with Gasteiger partial charge in [0.05, 0.1) is 6.61 Å². The molecule has 1 N–H and O–H groups in total. The molecule has 4 heteroatoms. The second-order valence-corrected chi connectivity index (χ2v) is 4.44. The van der Waals surface area contributed by atoms with Gasteiger partial charge in [-0.1, -0.05) is 0 Å². The Morgan fingerprint density at radius 2 is 2.24 bits per heavy atom. The lowest BCUT2D eigenvalue weighted by molar-refractivity contribution is 0.273. The first-order valence-electron chi connectivity index (χ1n) is 6.04. The van der Waals surface area contributed by atoms with Crippen LogP contribution in [-0.4, -0.2) is 44.2 Å². The molecule has 0 amide bonds. The van der Waals surface area contributed by atoms with Gasteiger partial charge in [0.25, 0.3) is 0 Å². The van der Waals surface area contributed by atoms with E-state index in [4.69, 9.17) is 4.74 Å². The van der Waals surface area contributed by atoms with Crippen molar-refractivity contribution in [1.29, 1.82) is 0 Å². The summed E-state index contributed by atoms with van der Waals surface area (Å²) in [6.45, 7) is 3.86. The topological polar surface area (TPSA) is 37.4 Å². The number of pyridine rings is 1. The van der Waals surface area contributed by atoms with Crippen LogP contribution in [0, 0.1) is 0 Å². The van der Waals surface area contributed by atoms with Crippen molar-refractivity contribution in [2.75, 3.05) is 34.3 Å². The van der Waals surface area contributed by atoms with Crippen molar-refractivity contribution in [2.24, 2.45) is 0 Å². The fourth-order valence-corrected chi connectivity index (χ4v) is 1.50. The van der Waals surface area contributed by atoms with E-state index >= 15 is 0 Å². The molecule has 96 valence electrons. The van der Waals surface area contributed by atoms with Gasteiger partial charge in [-0.05, 0) is 46.1 Å². The molecular formula is C13H23N3O. The van der Waals surface area contributed by atoms with Gasteiger partial charge in [0.15, 0.2) is 0 Å². The Morgan fingerprint density at radius 1 is 1.47 bits per heavy atom. The predicted octanol–water partition coefficient (Wildman–Crippen LogP) is 1.69. The number of nitrogens with zero attached hydrogens (tertiary/aromatic N) is 2. The third-order valence-corrected chi connectivity index (χ3v) is 2.69. The maximum atomic E-state index is 5.63. The Labute approximate surface area is 104 Å². The van der Waals surface area contributed by atoms with Crippen LogP contribution in [0.3, 0.4) is 0 Å². The number of nitrogens with one attached hydrogen (secondary N) is 1. The van der Waals surface area contributed by atoms with Crippen molar-refractivity contribution in [1.82, 2.24) is 15.2 Å². The van der Waals surface area contributed by atoms with Crippen molar-refractivity contribution < 1.29 is 4.74 Å². The molecular weight excluding hydrogens is 214 g/mol. The molecule has 0 bridgehead atoms. The Kier molecular flexibility index (Phi) is 5.94. The normalized spacial score (nSPS) is 12.8. The number of hydrogen-bond donors (Lipinski definition) is 1. The Morgan fingerprint density at radius 3 is 2.88 bits per heavy atom. The zero-order valence-corrected chi connectivity index (χ0v) is 11.2. The van der Waals surface area contributed by atoms with E-state index in [0.717, 1.165) is 13.0 Å². The van der Waals surface area contributed by atoms with E-state index in [1.807, 2.05) is 19.2 Å². The van der Waals surface area contributed by atoms with Crippen LogP contribution in [0.15, 0.2) is 18.3 Å². The van der Waals surface area contributed by atoms with Gasteiger partial charge in [-0.25, -0.2) is 4.98 Å². The summed E-state index contributed by atoms with van der Waals surface area (Å²) in [6, 6.07) is 4.33. The zero-order valence-electron chi connectivity index (χ0n) is 11.2. The van der Waals surface area contributed by atoms with E-state index in [1.54, 1.807) is 6.20 Å². The summed E-state index contributed by atoms with van der Waals surface area (Å²) in [5.74, 6) is 0.711. The molecule has 1 heterocycles. The largest absolute Gasteiger partial charge is 0.478 e. The lowest BCUT2D eigenvalue weighted by Gasteiger charge is -2.13. The van der Waals surface area contributed by atoms with Crippen molar-refractivity contribution >= 4 is 0 Å². The van der Waals surface area contributed by atoms with Crippen LogP contribution in [0.1, 0.15) is 24.9 Å². The van der Waals surface area contributed by atoms with Gasteiger partial charge in [0.2, 0.25) is 5.88 Å². The molecule has 1 unspecified atom stereocenters. The average molecular weight is 237 g/mol. The molecule has 0 saturated carbocycles. The number of aromatic nitrogens is 1. The van der Waals surface area contributed by atoms with Crippen LogP contribution in [0.25, 0.3) is 0 Å². The Balaban J connectivity index is 2.43. The zero-order chi connectivity index (χ0) is 12.7. The highest BCUT2D eigenvalue weighted by molar-refractivity contribution is 5.23. The SMILES string of the molecule is CNC(C)c1ccnc(OCCCN(C)C)c1. The molecule has 0 saturated heterocycles. The lowest BCUT2D eigenvalue weighted by atomic mass is 10.1. The van der Waals surface area contributed by atoms with Crippen LogP contribution in [0.4, 0.5) is 0 Å². The van der Waals surface area contributed by atoms with Crippen molar-refractivity contribution in [3.63, 3.8) is 0 Å². The molecule has 1 atom stereocenters. The van der Waals surface area contributed by atoms with Crippen LogP contribution in [0.5, 0.6) is 5.88 Å². The third-order valence-electron chi connectivity index (χ3n) is 2.69. The second-order valence-electron chi connectivity index (χ2n) is 4.44. The quantitative estimate of drug-likeness (QED) is 0.732. The minimum Gasteiger partial charge on any atom is -0.478 e. The standard InChI is InChI=1S/C13H23N3O/c1-11(14-2)12-6-7-15-13(10-12)17-9-5-8-16(3)4/h6-7,10-11,14H,5,8-9H2,1-4H3. The van der Waals surface area contributed by atoms with Gasteiger partial charge < -0.3 is 15.0 Å². The molecule has 0 fully saturated rings. The summed E-state index contributed by atoms with van der Waals surface area (Å²) < 4.78 is 5.63. The molecule has 1 aromatic heterocycles. The maximum absolute atomic E-state index is 5.63. The van der Waals surface area contributed by atoms with E-state index < -0.39 is 0 Å². The van der Waals surface area contributed by atoms with Gasteiger partial charge >= 0.3 is 0 Å². The Hall–Kier alpha value is -1.13. The smallest absolute Gasteiger partial charge is 0.213 e. The fourth-order valence-electron chi connectivity index (χ4n) is 1.50. The minimum atomic E-state index is 0.321. The van der Waals surface area contributed by atoms with Gasteiger partial charge in [-0.3, -0.25) is 0 Å². The molecule has 0 spiro atoms. The monoisotopic (exact) mass is 237 g/mol. The van der Waals surface area contributed by atoms with Crippen molar-refractivity contribution in [3.05, 3.63) is 23.9 Å². The number of ether oxygens (including phenoxy) is 1. The molecule has 0 radical (unpaired) electrons. The summed E-state index contributed by atoms with van der Waals surface area (Å²) in [4.78, 5) is 6.36. The average Bonchev–Trinajstić information content (AvgIpc) is 2.34. The first-order valence-corrected chi connectivity index (χ1v) is 6.04. The first-order chi connectivity index (χ1) is 8.13. The van der Waals surface area contributed by atoms with E-state index in [1.165, 1.54) is 5.56 Å². The lowest BCUT2D eigenvalue weighted by Crippen LogP contribution is -2.16. The highest BCUT2D eigenvalue weighted by Gasteiger charge is 2.04. The molecule has 0 aromatic carbocycles. The van der Waals surface area contributed by atoms with Gasteiger partial charge in [-0.2, -0.15) is 0 Å². The van der Waals surface area contributed by atoms with Crippen LogP contribution in [-0.2, 0) is 0 Å². The highest BCUT2D eigenvalue weighted by atomic mass is 16.5. The molecule has 0 aliphatic rings. The van der Waals surface area contributed by atoms with Gasteiger partial charge in [-0.15, -0.1) is 0 Å².